The van der Waals surface area contributed by atoms with Crippen molar-refractivity contribution in [2.75, 3.05) is 13.9 Å². The van der Waals surface area contributed by atoms with Crippen LogP contribution < -0.4 is 25.1 Å². The number of hydrogen-bond acceptors (Lipinski definition) is 6. The van der Waals surface area contributed by atoms with Gasteiger partial charge < -0.3 is 19.5 Å². The highest BCUT2D eigenvalue weighted by molar-refractivity contribution is 6.06. The number of carbonyl (C=O) groups is 1. The van der Waals surface area contributed by atoms with Crippen molar-refractivity contribution in [1.29, 1.82) is 0 Å². The van der Waals surface area contributed by atoms with Gasteiger partial charge in [-0.2, -0.15) is 0 Å². The summed E-state index contributed by atoms with van der Waals surface area (Å²) in [6.07, 6.45) is 1.55. The molecule has 5 aromatic rings. The Hall–Kier alpha value is -4.79. The molecule has 9 nitrogen and oxygen atoms in total. The summed E-state index contributed by atoms with van der Waals surface area (Å²) in [5.74, 6) is 1.82. The molecule has 0 saturated heterocycles. The normalized spacial score (nSPS) is 12.3. The summed E-state index contributed by atoms with van der Waals surface area (Å²) in [7, 11) is 1.59. The second-order valence-corrected chi connectivity index (χ2v) is 8.10. The molecule has 0 bridgehead atoms. The molecular weight excluding hydrogens is 448 g/mol. The monoisotopic (exact) mass is 468 g/mol. The summed E-state index contributed by atoms with van der Waals surface area (Å²) >= 11 is 0. The van der Waals surface area contributed by atoms with Crippen LogP contribution in [0.15, 0.2) is 71.7 Å². The summed E-state index contributed by atoms with van der Waals surface area (Å²) in [5, 5.41) is 7.22. The first-order valence-corrected chi connectivity index (χ1v) is 11.0. The minimum Gasteiger partial charge on any atom is -0.497 e. The Morgan fingerprint density at radius 1 is 1.06 bits per heavy atom. The van der Waals surface area contributed by atoms with Gasteiger partial charge in [0.15, 0.2) is 11.5 Å². The van der Waals surface area contributed by atoms with Crippen LogP contribution in [0.3, 0.4) is 0 Å². The zero-order valence-corrected chi connectivity index (χ0v) is 18.7. The Labute approximate surface area is 198 Å². The molecule has 174 valence electrons. The first kappa shape index (κ1) is 20.8. The highest BCUT2D eigenvalue weighted by Gasteiger charge is 2.16. The summed E-state index contributed by atoms with van der Waals surface area (Å²) in [6, 6.07) is 17.9. The van der Waals surface area contributed by atoms with Crippen molar-refractivity contribution < 1.29 is 19.0 Å². The predicted molar refractivity (Wildman–Crippen MR) is 129 cm³/mol. The molecular formula is C26H20N4O5. The third-order valence-corrected chi connectivity index (χ3v) is 6.01. The Kier molecular flexibility index (Phi) is 4.88. The number of amides is 1. The van der Waals surface area contributed by atoms with Crippen molar-refractivity contribution in [2.24, 2.45) is 0 Å². The van der Waals surface area contributed by atoms with Crippen LogP contribution in [0.4, 0.5) is 0 Å². The zero-order chi connectivity index (χ0) is 23.9. The maximum atomic E-state index is 13.0. The highest BCUT2D eigenvalue weighted by Crippen LogP contribution is 2.32. The van der Waals surface area contributed by atoms with Crippen LogP contribution in [-0.4, -0.2) is 34.6 Å². The van der Waals surface area contributed by atoms with Crippen LogP contribution in [0.5, 0.6) is 17.2 Å². The third-order valence-electron chi connectivity index (χ3n) is 6.01. The van der Waals surface area contributed by atoms with E-state index >= 15 is 0 Å². The largest absolute Gasteiger partial charge is 0.497 e. The van der Waals surface area contributed by atoms with E-state index in [4.69, 9.17) is 14.2 Å². The lowest BCUT2D eigenvalue weighted by Gasteiger charge is -2.07. The van der Waals surface area contributed by atoms with Crippen LogP contribution >= 0.6 is 0 Å². The van der Waals surface area contributed by atoms with Gasteiger partial charge in [-0.1, -0.05) is 6.07 Å². The van der Waals surface area contributed by atoms with Gasteiger partial charge in [-0.25, -0.2) is 4.68 Å². The second kappa shape index (κ2) is 8.21. The van der Waals surface area contributed by atoms with Gasteiger partial charge in [0, 0.05) is 23.7 Å². The predicted octanol–water partition coefficient (Wildman–Crippen LogP) is 3.53. The van der Waals surface area contributed by atoms with Crippen molar-refractivity contribution in [2.45, 2.75) is 6.54 Å². The number of methoxy groups -OCH3 is 1. The summed E-state index contributed by atoms with van der Waals surface area (Å²) in [5.41, 5.74) is 3.09. The number of carbonyl (C=O) groups excluding carboxylic acids is 1. The van der Waals surface area contributed by atoms with E-state index in [1.54, 1.807) is 55.8 Å². The molecule has 3 aromatic carbocycles. The van der Waals surface area contributed by atoms with Gasteiger partial charge in [0.05, 0.1) is 29.2 Å². The molecule has 1 aliphatic heterocycles. The molecule has 3 heterocycles. The number of fused-ring (bicyclic) bond motifs is 4. The van der Waals surface area contributed by atoms with Crippen molar-refractivity contribution >= 4 is 27.7 Å². The summed E-state index contributed by atoms with van der Waals surface area (Å²) < 4.78 is 17.4. The summed E-state index contributed by atoms with van der Waals surface area (Å²) in [6.45, 7) is 0.535. The van der Waals surface area contributed by atoms with Crippen molar-refractivity contribution in [3.05, 3.63) is 88.3 Å². The molecule has 0 unspecified atom stereocenters. The average molecular weight is 468 g/mol. The SMILES string of the molecule is COc1ccc(-n2[nH]c3c(cnc4ccc(C(=O)NCc5ccc6c(c5)OCO6)cc43)c2=O)cc1. The molecule has 0 aliphatic carbocycles. The first-order chi connectivity index (χ1) is 17.1. The quantitative estimate of drug-likeness (QED) is 0.409. The fourth-order valence-electron chi connectivity index (χ4n) is 4.15. The lowest BCUT2D eigenvalue weighted by Crippen LogP contribution is -2.22. The lowest BCUT2D eigenvalue weighted by molar-refractivity contribution is 0.0951. The Bertz CT molecular complexity index is 1650. The Morgan fingerprint density at radius 3 is 2.71 bits per heavy atom. The highest BCUT2D eigenvalue weighted by atomic mass is 16.7. The molecule has 1 aliphatic rings. The Balaban J connectivity index is 1.32. The molecule has 0 fully saturated rings. The fourth-order valence-corrected chi connectivity index (χ4v) is 4.15. The number of benzene rings is 3. The third kappa shape index (κ3) is 3.63. The molecule has 0 spiro atoms. The number of nitrogens with zero attached hydrogens (tertiary/aromatic N) is 2. The molecule has 1 amide bonds. The van der Waals surface area contributed by atoms with E-state index in [0.717, 1.165) is 5.56 Å². The van der Waals surface area contributed by atoms with Crippen LogP contribution in [0.2, 0.25) is 0 Å². The van der Waals surface area contributed by atoms with E-state index in [1.165, 1.54) is 4.68 Å². The zero-order valence-electron chi connectivity index (χ0n) is 18.7. The summed E-state index contributed by atoms with van der Waals surface area (Å²) in [4.78, 5) is 30.4. The van der Waals surface area contributed by atoms with Crippen LogP contribution in [0.1, 0.15) is 15.9 Å². The number of nitrogens with one attached hydrogen (secondary N) is 2. The molecule has 2 N–H and O–H groups in total. The molecule has 2 aromatic heterocycles. The number of H-pyrrole nitrogens is 1. The van der Waals surface area contributed by atoms with Crippen LogP contribution in [0.25, 0.3) is 27.5 Å². The molecule has 9 heteroatoms. The van der Waals surface area contributed by atoms with Crippen LogP contribution in [0, 0.1) is 0 Å². The number of ether oxygens (including phenoxy) is 3. The number of hydrogen-bond donors (Lipinski definition) is 2. The van der Waals surface area contributed by atoms with E-state index in [-0.39, 0.29) is 18.3 Å². The van der Waals surface area contributed by atoms with Gasteiger partial charge in [-0.3, -0.25) is 19.7 Å². The second-order valence-electron chi connectivity index (χ2n) is 8.10. The maximum absolute atomic E-state index is 13.0. The van der Waals surface area contributed by atoms with Crippen molar-refractivity contribution in [1.82, 2.24) is 20.1 Å². The lowest BCUT2D eigenvalue weighted by atomic mass is 10.1. The molecule has 35 heavy (non-hydrogen) atoms. The maximum Gasteiger partial charge on any atom is 0.280 e. The van der Waals surface area contributed by atoms with E-state index in [0.29, 0.717) is 56.8 Å². The smallest absolute Gasteiger partial charge is 0.280 e. The van der Waals surface area contributed by atoms with Crippen molar-refractivity contribution in [3.63, 3.8) is 0 Å². The van der Waals surface area contributed by atoms with Crippen LogP contribution in [-0.2, 0) is 6.54 Å². The van der Waals surface area contributed by atoms with E-state index in [1.807, 2.05) is 18.2 Å². The minimum atomic E-state index is -0.237. The minimum absolute atomic E-state index is 0.201. The number of rotatable bonds is 5. The molecule has 0 atom stereocenters. The van der Waals surface area contributed by atoms with Gasteiger partial charge in [-0.15, -0.1) is 0 Å². The van der Waals surface area contributed by atoms with E-state index in [2.05, 4.69) is 15.4 Å². The Morgan fingerprint density at radius 2 is 1.89 bits per heavy atom. The average Bonchev–Trinajstić information content (AvgIpc) is 3.51. The van der Waals surface area contributed by atoms with Gasteiger partial charge in [0.1, 0.15) is 5.75 Å². The first-order valence-electron chi connectivity index (χ1n) is 11.0. The fraction of sp³-hybridized carbons (Fsp3) is 0.115. The topological polar surface area (TPSA) is 107 Å². The number of aromatic nitrogens is 3. The molecule has 0 saturated carbocycles. The van der Waals surface area contributed by atoms with Gasteiger partial charge in [0.25, 0.3) is 11.5 Å². The number of aromatic amines is 1. The number of pyridine rings is 1. The van der Waals surface area contributed by atoms with E-state index in [9.17, 15) is 9.59 Å². The van der Waals surface area contributed by atoms with Gasteiger partial charge >= 0.3 is 0 Å². The standard InChI is InChI=1S/C26H20N4O5/c1-33-18-6-4-17(5-7-18)30-26(32)20-13-27-21-8-3-16(11-19(21)24(20)29-30)25(31)28-12-15-2-9-22-23(10-15)35-14-34-22/h2-11,13,29H,12,14H2,1H3,(H,28,31). The van der Waals surface area contributed by atoms with E-state index < -0.39 is 0 Å². The van der Waals surface area contributed by atoms with Crippen molar-refractivity contribution in [3.8, 4) is 22.9 Å². The van der Waals surface area contributed by atoms with Gasteiger partial charge in [-0.05, 0) is 60.2 Å². The van der Waals surface area contributed by atoms with Gasteiger partial charge in [0.2, 0.25) is 6.79 Å². The molecule has 0 radical (unpaired) electrons. The molecule has 6 rings (SSSR count).